The first-order valence-corrected chi connectivity index (χ1v) is 40.5. The van der Waals surface area contributed by atoms with Crippen molar-refractivity contribution in [3.05, 3.63) is 0 Å². The highest BCUT2D eigenvalue weighted by atomic mass is 31.2. The van der Waals surface area contributed by atoms with Crippen LogP contribution in [0.2, 0.25) is 0 Å². The Labute approximate surface area is 556 Å². The minimum atomic E-state index is -4.95. The maximum absolute atomic E-state index is 13.0. The first kappa shape index (κ1) is 89.1. The van der Waals surface area contributed by atoms with Gasteiger partial charge in [0.05, 0.1) is 26.4 Å². The van der Waals surface area contributed by atoms with Gasteiger partial charge in [0.1, 0.15) is 19.3 Å². The molecule has 0 radical (unpaired) electrons. The Morgan fingerprint density at radius 1 is 0.297 bits per heavy atom. The molecule has 19 heteroatoms. The van der Waals surface area contributed by atoms with Gasteiger partial charge in [-0.15, -0.1) is 0 Å². The smallest absolute Gasteiger partial charge is 0.462 e. The molecule has 0 saturated carbocycles. The first-order valence-electron chi connectivity index (χ1n) is 37.5. The van der Waals surface area contributed by atoms with Crippen molar-refractivity contribution in [1.82, 2.24) is 0 Å². The third-order valence-electron chi connectivity index (χ3n) is 16.7. The zero-order chi connectivity index (χ0) is 67.2. The molecule has 5 atom stereocenters. The number of phosphoric ester groups is 2. The zero-order valence-corrected chi connectivity index (χ0v) is 60.9. The Bertz CT molecular complexity index is 1770. The molecule has 0 aliphatic heterocycles. The van der Waals surface area contributed by atoms with Gasteiger partial charge in [0.15, 0.2) is 12.2 Å². The van der Waals surface area contributed by atoms with Crippen LogP contribution >= 0.6 is 15.6 Å². The van der Waals surface area contributed by atoms with E-state index in [0.717, 1.165) is 108 Å². The van der Waals surface area contributed by atoms with E-state index in [1.807, 2.05) is 0 Å². The summed E-state index contributed by atoms with van der Waals surface area (Å²) in [7, 11) is -9.89. The van der Waals surface area contributed by atoms with E-state index in [9.17, 15) is 43.2 Å². The highest BCUT2D eigenvalue weighted by Gasteiger charge is 2.30. The van der Waals surface area contributed by atoms with Crippen molar-refractivity contribution in [3.8, 4) is 0 Å². The van der Waals surface area contributed by atoms with Crippen LogP contribution in [0.4, 0.5) is 0 Å². The summed E-state index contributed by atoms with van der Waals surface area (Å²) in [5.41, 5.74) is 0. The van der Waals surface area contributed by atoms with E-state index in [1.54, 1.807) is 0 Å². The molecule has 0 aromatic rings. The van der Waals surface area contributed by atoms with Gasteiger partial charge in [0.2, 0.25) is 0 Å². The molecule has 0 amide bonds. The second-order valence-electron chi connectivity index (χ2n) is 26.9. The molecule has 0 heterocycles. The van der Waals surface area contributed by atoms with E-state index in [1.165, 1.54) is 180 Å². The third kappa shape index (κ3) is 66.5. The van der Waals surface area contributed by atoms with Crippen LogP contribution in [0, 0.1) is 11.8 Å². The maximum Gasteiger partial charge on any atom is 0.472 e. The lowest BCUT2D eigenvalue weighted by atomic mass is 10.0. The molecule has 3 N–H and O–H groups in total. The number of ether oxygens (including phenoxy) is 4. The molecule has 91 heavy (non-hydrogen) atoms. The maximum atomic E-state index is 13.0. The predicted molar refractivity (Wildman–Crippen MR) is 368 cm³/mol. The first-order chi connectivity index (χ1) is 43.9. The summed E-state index contributed by atoms with van der Waals surface area (Å²) in [6.45, 7) is 9.47. The number of phosphoric acid groups is 2. The van der Waals surface area contributed by atoms with Gasteiger partial charge in [-0.1, -0.05) is 318 Å². The van der Waals surface area contributed by atoms with E-state index in [4.69, 9.17) is 37.0 Å². The van der Waals surface area contributed by atoms with Gasteiger partial charge in [-0.05, 0) is 37.5 Å². The molecule has 0 aliphatic carbocycles. The van der Waals surface area contributed by atoms with E-state index in [2.05, 4.69) is 41.5 Å². The molecule has 0 aliphatic rings. The topological polar surface area (TPSA) is 237 Å². The van der Waals surface area contributed by atoms with Gasteiger partial charge < -0.3 is 33.8 Å². The van der Waals surface area contributed by atoms with Crippen LogP contribution in [-0.4, -0.2) is 96.7 Å². The summed E-state index contributed by atoms with van der Waals surface area (Å²) >= 11 is 0. The van der Waals surface area contributed by atoms with Crippen molar-refractivity contribution in [1.29, 1.82) is 0 Å². The number of aliphatic hydroxyl groups excluding tert-OH is 1. The largest absolute Gasteiger partial charge is 0.472 e. The van der Waals surface area contributed by atoms with Crippen molar-refractivity contribution < 1.29 is 80.2 Å². The Kier molecular flexibility index (Phi) is 62.7. The molecule has 17 nitrogen and oxygen atoms in total. The molecular weight excluding hydrogens is 1200 g/mol. The van der Waals surface area contributed by atoms with Gasteiger partial charge in [-0.2, -0.15) is 0 Å². The summed E-state index contributed by atoms with van der Waals surface area (Å²) in [6, 6.07) is 0. The molecule has 2 unspecified atom stereocenters. The molecule has 0 saturated heterocycles. The monoisotopic (exact) mass is 1340 g/mol. The third-order valence-corrected chi connectivity index (χ3v) is 18.6. The summed E-state index contributed by atoms with van der Waals surface area (Å²) in [6.07, 6.45) is 50.4. The minimum Gasteiger partial charge on any atom is -0.462 e. The van der Waals surface area contributed by atoms with Crippen LogP contribution in [0.15, 0.2) is 0 Å². The fourth-order valence-corrected chi connectivity index (χ4v) is 12.5. The van der Waals surface area contributed by atoms with Gasteiger partial charge in [0.25, 0.3) is 0 Å². The fourth-order valence-electron chi connectivity index (χ4n) is 10.9. The van der Waals surface area contributed by atoms with Crippen LogP contribution in [-0.2, 0) is 65.4 Å². The summed E-state index contributed by atoms with van der Waals surface area (Å²) in [4.78, 5) is 72.4. The second kappa shape index (κ2) is 64.1. The highest BCUT2D eigenvalue weighted by Crippen LogP contribution is 2.45. The van der Waals surface area contributed by atoms with E-state index in [0.29, 0.717) is 25.7 Å². The average Bonchev–Trinajstić information content (AvgIpc) is 3.32. The van der Waals surface area contributed by atoms with Crippen molar-refractivity contribution in [2.45, 2.75) is 387 Å². The summed E-state index contributed by atoms with van der Waals surface area (Å²) in [5.74, 6) is -0.609. The molecule has 0 aromatic heterocycles. The number of carbonyl (C=O) groups excluding carboxylic acids is 4. The van der Waals surface area contributed by atoms with Gasteiger partial charge in [0, 0.05) is 25.7 Å². The van der Waals surface area contributed by atoms with Gasteiger partial charge in [-0.25, -0.2) is 9.13 Å². The van der Waals surface area contributed by atoms with Crippen LogP contribution < -0.4 is 0 Å². The number of esters is 4. The predicted octanol–water partition coefficient (Wildman–Crippen LogP) is 20.8. The molecule has 0 bridgehead atoms. The number of hydrogen-bond donors (Lipinski definition) is 3. The average molecular weight is 1340 g/mol. The zero-order valence-electron chi connectivity index (χ0n) is 59.1. The van der Waals surface area contributed by atoms with Gasteiger partial charge in [-0.3, -0.25) is 37.3 Å². The lowest BCUT2D eigenvalue weighted by Crippen LogP contribution is -2.30. The van der Waals surface area contributed by atoms with Crippen molar-refractivity contribution in [3.63, 3.8) is 0 Å². The molecule has 0 rings (SSSR count). The van der Waals surface area contributed by atoms with Crippen LogP contribution in [0.25, 0.3) is 0 Å². The normalized spacial score (nSPS) is 14.1. The number of hydrogen-bond acceptors (Lipinski definition) is 15. The second-order valence-corrected chi connectivity index (χ2v) is 29.8. The van der Waals surface area contributed by atoms with Crippen LogP contribution in [0.3, 0.4) is 0 Å². The Hall–Kier alpha value is -1.94. The number of rotatable bonds is 71. The minimum absolute atomic E-state index is 0.105. The molecule has 0 spiro atoms. The van der Waals surface area contributed by atoms with Crippen molar-refractivity contribution in [2.75, 3.05) is 39.6 Å². The van der Waals surface area contributed by atoms with E-state index in [-0.39, 0.29) is 25.7 Å². The van der Waals surface area contributed by atoms with E-state index < -0.39 is 97.5 Å². The number of aliphatic hydroxyl groups is 1. The Balaban J connectivity index is 5.14. The number of carbonyl (C=O) groups is 4. The highest BCUT2D eigenvalue weighted by molar-refractivity contribution is 7.47. The van der Waals surface area contributed by atoms with Crippen molar-refractivity contribution in [2.24, 2.45) is 11.8 Å². The van der Waals surface area contributed by atoms with Crippen LogP contribution in [0.5, 0.6) is 0 Å². The quantitative estimate of drug-likeness (QED) is 0.0222. The molecular formula is C72H140O17P2. The summed E-state index contributed by atoms with van der Waals surface area (Å²) < 4.78 is 68.2. The fraction of sp³-hybridized carbons (Fsp3) is 0.944. The number of unbranched alkanes of at least 4 members (excludes halogenated alkanes) is 41. The van der Waals surface area contributed by atoms with Crippen molar-refractivity contribution >= 4 is 39.5 Å². The summed E-state index contributed by atoms with van der Waals surface area (Å²) in [5, 5.41) is 10.6. The van der Waals surface area contributed by atoms with Crippen LogP contribution in [0.1, 0.15) is 369 Å². The van der Waals surface area contributed by atoms with Gasteiger partial charge >= 0.3 is 39.5 Å². The Morgan fingerprint density at radius 3 is 0.747 bits per heavy atom. The standard InChI is InChI=1S/C72H140O17P2/c1-7-9-11-13-14-15-16-17-18-19-20-21-22-23-26-33-38-44-50-56-72(77)89-68(61-83-70(75)55-49-43-37-32-27-24-25-30-35-41-46-52-64(3)4)63-87-91(80,81)85-59-66(73)58-84-90(78,79)86-62-67(60-82-69(74)54-48-40-12-10-8-2)88-71(76)57-51-45-39-34-29-28-31-36-42-47-53-65(5)6/h64-68,73H,7-63H2,1-6H3,(H,78,79)(H,80,81)/t66-,67+,68+/m0/s1. The lowest BCUT2D eigenvalue weighted by Gasteiger charge is -2.21. The molecule has 0 fully saturated rings. The molecule has 540 valence electrons. The lowest BCUT2D eigenvalue weighted by molar-refractivity contribution is -0.161. The Morgan fingerprint density at radius 2 is 0.505 bits per heavy atom. The SMILES string of the molecule is CCCCCCCCCCCCCCCCCCCCCC(=O)O[C@H](COC(=O)CCCCCCCCCCCCCC(C)C)COP(=O)(O)OC[C@@H](O)COP(=O)(O)OC[C@@H](COC(=O)CCCCCCC)OC(=O)CCCCCCCCCCCCC(C)C. The van der Waals surface area contributed by atoms with E-state index >= 15 is 0 Å². The molecule has 0 aromatic carbocycles.